The minimum Gasteiger partial charge on any atom is -0.368 e. The summed E-state index contributed by atoms with van der Waals surface area (Å²) in [6.45, 7) is 6.49. The van der Waals surface area contributed by atoms with Gasteiger partial charge in [-0.2, -0.15) is 4.98 Å². The molecule has 0 aliphatic rings. The first-order valence-electron chi connectivity index (χ1n) is 6.33. The molecule has 0 amide bonds. The summed E-state index contributed by atoms with van der Waals surface area (Å²) >= 11 is 1.67. The first-order chi connectivity index (χ1) is 8.56. The molecule has 18 heavy (non-hydrogen) atoms. The second kappa shape index (κ2) is 5.10. The third-order valence-corrected chi connectivity index (χ3v) is 4.28. The zero-order valence-corrected chi connectivity index (χ0v) is 12.2. The Balaban J connectivity index is 2.54. The van der Waals surface area contributed by atoms with Gasteiger partial charge in [-0.3, -0.25) is 0 Å². The second-order valence-corrected chi connectivity index (χ2v) is 5.80. The first-order valence-corrected chi connectivity index (χ1v) is 7.14. The van der Waals surface area contributed by atoms with Crippen LogP contribution in [0.1, 0.15) is 31.6 Å². The SMILES string of the molecule is CCC(CC)N(C)c1nc(N)nc2sc(C)cc12. The van der Waals surface area contributed by atoms with Gasteiger partial charge in [0, 0.05) is 18.0 Å². The number of thiophene rings is 1. The van der Waals surface area contributed by atoms with Crippen molar-refractivity contribution < 1.29 is 0 Å². The van der Waals surface area contributed by atoms with Crippen LogP contribution in [0.25, 0.3) is 10.2 Å². The Morgan fingerprint density at radius 1 is 1.33 bits per heavy atom. The van der Waals surface area contributed by atoms with Crippen LogP contribution in [0.5, 0.6) is 0 Å². The van der Waals surface area contributed by atoms with Crippen molar-refractivity contribution in [3.63, 3.8) is 0 Å². The molecule has 2 heterocycles. The molecule has 5 heteroatoms. The summed E-state index contributed by atoms with van der Waals surface area (Å²) in [4.78, 5) is 13.2. The monoisotopic (exact) mass is 264 g/mol. The number of aryl methyl sites for hydroxylation is 1. The maximum Gasteiger partial charge on any atom is 0.223 e. The van der Waals surface area contributed by atoms with Crippen LogP contribution in [0.2, 0.25) is 0 Å². The number of nitrogens with zero attached hydrogens (tertiary/aromatic N) is 3. The van der Waals surface area contributed by atoms with Crippen LogP contribution < -0.4 is 10.6 Å². The summed E-state index contributed by atoms with van der Waals surface area (Å²) in [7, 11) is 2.09. The van der Waals surface area contributed by atoms with Gasteiger partial charge in [0.05, 0.1) is 5.39 Å². The summed E-state index contributed by atoms with van der Waals surface area (Å²) in [6.07, 6.45) is 2.20. The molecular weight excluding hydrogens is 244 g/mol. The molecule has 4 nitrogen and oxygen atoms in total. The van der Waals surface area contributed by atoms with Gasteiger partial charge in [0.2, 0.25) is 5.95 Å². The van der Waals surface area contributed by atoms with E-state index < -0.39 is 0 Å². The summed E-state index contributed by atoms with van der Waals surface area (Å²) in [5, 5.41) is 1.11. The normalized spacial score (nSPS) is 11.4. The summed E-state index contributed by atoms with van der Waals surface area (Å²) in [5.74, 6) is 1.31. The molecule has 0 saturated carbocycles. The van der Waals surface area contributed by atoms with Gasteiger partial charge < -0.3 is 10.6 Å². The van der Waals surface area contributed by atoms with Crippen molar-refractivity contribution in [3.8, 4) is 0 Å². The lowest BCUT2D eigenvalue weighted by atomic mass is 10.1. The number of fused-ring (bicyclic) bond motifs is 1. The Morgan fingerprint density at radius 3 is 2.61 bits per heavy atom. The largest absolute Gasteiger partial charge is 0.368 e. The van der Waals surface area contributed by atoms with Crippen LogP contribution in [0.4, 0.5) is 11.8 Å². The van der Waals surface area contributed by atoms with E-state index in [9.17, 15) is 0 Å². The summed E-state index contributed by atoms with van der Waals surface area (Å²) in [6, 6.07) is 2.64. The van der Waals surface area contributed by atoms with Crippen LogP contribution in [0, 0.1) is 6.92 Å². The van der Waals surface area contributed by atoms with Crippen molar-refractivity contribution in [3.05, 3.63) is 10.9 Å². The molecule has 0 radical (unpaired) electrons. The van der Waals surface area contributed by atoms with E-state index >= 15 is 0 Å². The Morgan fingerprint density at radius 2 is 2.00 bits per heavy atom. The van der Waals surface area contributed by atoms with E-state index in [0.717, 1.165) is 28.9 Å². The fraction of sp³-hybridized carbons (Fsp3) is 0.538. The van der Waals surface area contributed by atoms with Gasteiger partial charge in [0.25, 0.3) is 0 Å². The molecule has 2 N–H and O–H groups in total. The third kappa shape index (κ3) is 2.27. The third-order valence-electron chi connectivity index (χ3n) is 3.34. The van der Waals surface area contributed by atoms with E-state index in [0.29, 0.717) is 12.0 Å². The standard InChI is InChI=1S/C13H20N4S/c1-5-9(6-2)17(4)11-10-7-8(3)18-12(10)16-13(14)15-11/h7,9H,5-6H2,1-4H3,(H2,14,15,16). The predicted molar refractivity (Wildman–Crippen MR) is 79.3 cm³/mol. The van der Waals surface area contributed by atoms with Crippen LogP contribution in [0.15, 0.2) is 6.07 Å². The number of anilines is 2. The number of aromatic nitrogens is 2. The topological polar surface area (TPSA) is 55.0 Å². The first kappa shape index (κ1) is 13.1. The van der Waals surface area contributed by atoms with Gasteiger partial charge in [-0.15, -0.1) is 11.3 Å². The quantitative estimate of drug-likeness (QED) is 0.921. The smallest absolute Gasteiger partial charge is 0.223 e. The molecule has 0 unspecified atom stereocenters. The highest BCUT2D eigenvalue weighted by Gasteiger charge is 2.17. The molecule has 2 rings (SSSR count). The van der Waals surface area contributed by atoms with E-state index in [1.807, 2.05) is 0 Å². The Hall–Kier alpha value is -1.36. The fourth-order valence-electron chi connectivity index (χ4n) is 2.32. The average Bonchev–Trinajstić information content (AvgIpc) is 2.69. The molecule has 0 atom stereocenters. The Bertz CT molecular complexity index is 545. The van der Waals surface area contributed by atoms with Crippen molar-refractivity contribution in [1.82, 2.24) is 9.97 Å². The molecule has 0 saturated heterocycles. The van der Waals surface area contributed by atoms with Gasteiger partial charge >= 0.3 is 0 Å². The maximum atomic E-state index is 5.81. The van der Waals surface area contributed by atoms with Gasteiger partial charge in [0.15, 0.2) is 0 Å². The average molecular weight is 264 g/mol. The molecule has 0 aliphatic heterocycles. The van der Waals surface area contributed by atoms with E-state index in [1.165, 1.54) is 4.88 Å². The van der Waals surface area contributed by atoms with Gasteiger partial charge in [-0.25, -0.2) is 4.98 Å². The molecule has 0 aromatic carbocycles. The zero-order chi connectivity index (χ0) is 13.3. The minimum absolute atomic E-state index is 0.358. The molecule has 0 bridgehead atoms. The van der Waals surface area contributed by atoms with E-state index in [2.05, 4.69) is 48.8 Å². The van der Waals surface area contributed by atoms with Gasteiger partial charge in [-0.1, -0.05) is 13.8 Å². The second-order valence-electron chi connectivity index (χ2n) is 4.56. The highest BCUT2D eigenvalue weighted by atomic mass is 32.1. The van der Waals surface area contributed by atoms with E-state index in [4.69, 9.17) is 5.73 Å². The molecule has 0 fully saturated rings. The van der Waals surface area contributed by atoms with E-state index in [-0.39, 0.29) is 0 Å². The van der Waals surface area contributed by atoms with Crippen LogP contribution >= 0.6 is 11.3 Å². The Kier molecular flexibility index (Phi) is 3.71. The van der Waals surface area contributed by atoms with E-state index in [1.54, 1.807) is 11.3 Å². The maximum absolute atomic E-state index is 5.81. The van der Waals surface area contributed by atoms with Crippen LogP contribution in [-0.2, 0) is 0 Å². The molecule has 98 valence electrons. The Labute approximate surface area is 112 Å². The number of hydrogen-bond acceptors (Lipinski definition) is 5. The molecule has 0 aliphatic carbocycles. The molecule has 2 aromatic rings. The number of nitrogen functional groups attached to an aromatic ring is 1. The van der Waals surface area contributed by atoms with Gasteiger partial charge in [0.1, 0.15) is 10.6 Å². The molecular formula is C13H20N4S. The number of hydrogen-bond donors (Lipinski definition) is 1. The van der Waals surface area contributed by atoms with Crippen molar-refractivity contribution in [1.29, 1.82) is 0 Å². The van der Waals surface area contributed by atoms with Crippen molar-refractivity contribution in [2.75, 3.05) is 17.7 Å². The van der Waals surface area contributed by atoms with Gasteiger partial charge in [-0.05, 0) is 25.8 Å². The van der Waals surface area contributed by atoms with Crippen molar-refractivity contribution >= 4 is 33.3 Å². The lowest BCUT2D eigenvalue weighted by Gasteiger charge is -2.27. The fourth-order valence-corrected chi connectivity index (χ4v) is 3.20. The zero-order valence-electron chi connectivity index (χ0n) is 11.4. The van der Waals surface area contributed by atoms with Crippen molar-refractivity contribution in [2.24, 2.45) is 0 Å². The summed E-state index contributed by atoms with van der Waals surface area (Å²) < 4.78 is 0. The molecule has 2 aromatic heterocycles. The van der Waals surface area contributed by atoms with Crippen molar-refractivity contribution in [2.45, 2.75) is 39.7 Å². The highest BCUT2D eigenvalue weighted by molar-refractivity contribution is 7.18. The van der Waals surface area contributed by atoms with Crippen LogP contribution in [0.3, 0.4) is 0 Å². The lowest BCUT2D eigenvalue weighted by Crippen LogP contribution is -2.31. The number of rotatable bonds is 4. The van der Waals surface area contributed by atoms with Crippen LogP contribution in [-0.4, -0.2) is 23.1 Å². The lowest BCUT2D eigenvalue weighted by molar-refractivity contribution is 0.588. The summed E-state index contributed by atoms with van der Waals surface area (Å²) in [5.41, 5.74) is 5.81. The molecule has 0 spiro atoms. The minimum atomic E-state index is 0.358. The number of nitrogens with two attached hydrogens (primary N) is 1. The highest BCUT2D eigenvalue weighted by Crippen LogP contribution is 2.32. The predicted octanol–water partition coefficient (Wildman–Crippen LogP) is 3.21.